The molecule has 0 aromatic carbocycles. The lowest BCUT2D eigenvalue weighted by atomic mass is 10.0. The zero-order valence-corrected chi connectivity index (χ0v) is 12.7. The summed E-state index contributed by atoms with van der Waals surface area (Å²) >= 11 is 0. The minimum Gasteiger partial charge on any atom is -0.394 e. The number of aliphatic hydroxyl groups excluding tert-OH is 3. The van der Waals surface area contributed by atoms with Gasteiger partial charge in [-0.05, 0) is 0 Å². The predicted molar refractivity (Wildman–Crippen MR) is 69.2 cm³/mol. The van der Waals surface area contributed by atoms with Crippen molar-refractivity contribution in [1.29, 1.82) is 0 Å². The highest BCUT2D eigenvalue weighted by atomic mass is 31.2. The molecular weight excluding hydrogens is 325 g/mol. The van der Waals surface area contributed by atoms with Crippen LogP contribution in [0.1, 0.15) is 13.8 Å². The van der Waals surface area contributed by atoms with Crippen molar-refractivity contribution < 1.29 is 48.2 Å². The molecule has 0 saturated carbocycles. The number of rotatable bonds is 9. The number of carbonyl (C=O) groups excluding carboxylic acids is 3. The second-order valence-corrected chi connectivity index (χ2v) is 5.55. The molecule has 0 aromatic rings. The molecule has 128 valence electrons. The van der Waals surface area contributed by atoms with E-state index in [1.807, 2.05) is 5.32 Å². The summed E-state index contributed by atoms with van der Waals surface area (Å²) in [4.78, 5) is 42.0. The van der Waals surface area contributed by atoms with E-state index >= 15 is 0 Å². The van der Waals surface area contributed by atoms with Gasteiger partial charge in [-0.15, -0.1) is 0 Å². The van der Waals surface area contributed by atoms with Crippen molar-refractivity contribution >= 4 is 26.0 Å². The lowest BCUT2D eigenvalue weighted by Crippen LogP contribution is -2.54. The average molecular weight is 343 g/mol. The lowest BCUT2D eigenvalue weighted by Gasteiger charge is -2.30. The maximum Gasteiger partial charge on any atom is 0.530 e. The van der Waals surface area contributed by atoms with Gasteiger partial charge in [0, 0.05) is 13.8 Å². The van der Waals surface area contributed by atoms with Crippen molar-refractivity contribution in [3.63, 3.8) is 0 Å². The van der Waals surface area contributed by atoms with Crippen LogP contribution in [-0.2, 0) is 28.0 Å². The van der Waals surface area contributed by atoms with E-state index in [1.165, 1.54) is 0 Å². The normalized spacial score (nSPS) is 19.2. The Morgan fingerprint density at radius 3 is 2.23 bits per heavy atom. The number of aliphatic hydroxyl groups is 3. The van der Waals surface area contributed by atoms with Gasteiger partial charge in [-0.25, -0.2) is 4.57 Å². The molecule has 11 nitrogen and oxygen atoms in total. The van der Waals surface area contributed by atoms with Crippen molar-refractivity contribution in [3.8, 4) is 0 Å². The number of nitrogens with one attached hydrogen (secondary N) is 1. The van der Waals surface area contributed by atoms with E-state index in [0.29, 0.717) is 0 Å². The third-order valence-electron chi connectivity index (χ3n) is 2.29. The minimum atomic E-state index is -5.03. The van der Waals surface area contributed by atoms with E-state index in [9.17, 15) is 34.1 Å². The summed E-state index contributed by atoms with van der Waals surface area (Å²) in [6.45, 7) is 0.869. The van der Waals surface area contributed by atoms with Crippen molar-refractivity contribution in [2.45, 2.75) is 38.2 Å². The Kier molecular flexibility index (Phi) is 8.38. The minimum absolute atomic E-state index is 0.0765. The molecule has 22 heavy (non-hydrogen) atoms. The first-order valence-electron chi connectivity index (χ1n) is 5.94. The summed E-state index contributed by atoms with van der Waals surface area (Å²) in [7, 11) is -5.03. The maximum absolute atomic E-state index is 11.6. The smallest absolute Gasteiger partial charge is 0.394 e. The monoisotopic (exact) mass is 343 g/mol. The SMILES string of the molecule is CC(=O)N[C@H](C=O)[C@@H](OP(=O)(O)OC(C)=O)[C@H](O)[C@H](O)CO. The molecule has 0 fully saturated rings. The molecular formula is C10H18NO10P. The van der Waals surface area contributed by atoms with Crippen LogP contribution < -0.4 is 5.32 Å². The van der Waals surface area contributed by atoms with E-state index in [1.54, 1.807) is 0 Å². The molecule has 0 heterocycles. The van der Waals surface area contributed by atoms with Crippen molar-refractivity contribution in [1.82, 2.24) is 5.32 Å². The van der Waals surface area contributed by atoms with Crippen LogP contribution in [0.2, 0.25) is 0 Å². The fourth-order valence-corrected chi connectivity index (χ4v) is 2.36. The van der Waals surface area contributed by atoms with Crippen LogP contribution in [0, 0.1) is 0 Å². The number of hydrogen-bond donors (Lipinski definition) is 5. The van der Waals surface area contributed by atoms with E-state index in [0.717, 1.165) is 13.8 Å². The van der Waals surface area contributed by atoms with Gasteiger partial charge in [0.15, 0.2) is 0 Å². The van der Waals surface area contributed by atoms with Gasteiger partial charge in [0.2, 0.25) is 5.91 Å². The molecule has 5 N–H and O–H groups in total. The summed E-state index contributed by atoms with van der Waals surface area (Å²) in [5.74, 6) is -1.92. The molecule has 1 unspecified atom stereocenters. The Labute approximate surface area is 125 Å². The van der Waals surface area contributed by atoms with Crippen LogP contribution in [-0.4, -0.2) is 69.3 Å². The summed E-state index contributed by atoms with van der Waals surface area (Å²) in [6, 6.07) is -1.65. The summed E-state index contributed by atoms with van der Waals surface area (Å²) in [5, 5.41) is 29.9. The molecule has 12 heteroatoms. The predicted octanol–water partition coefficient (Wildman–Crippen LogP) is -2.55. The van der Waals surface area contributed by atoms with Crippen molar-refractivity contribution in [2.75, 3.05) is 6.61 Å². The molecule has 0 bridgehead atoms. The van der Waals surface area contributed by atoms with Crippen LogP contribution >= 0.6 is 7.82 Å². The second kappa shape index (κ2) is 8.93. The highest BCUT2D eigenvalue weighted by Crippen LogP contribution is 2.45. The van der Waals surface area contributed by atoms with E-state index in [2.05, 4.69) is 9.05 Å². The zero-order valence-electron chi connectivity index (χ0n) is 11.8. The van der Waals surface area contributed by atoms with E-state index in [-0.39, 0.29) is 6.29 Å². The molecule has 5 atom stereocenters. The highest BCUT2D eigenvalue weighted by Gasteiger charge is 2.41. The lowest BCUT2D eigenvalue weighted by molar-refractivity contribution is -0.137. The van der Waals surface area contributed by atoms with Gasteiger partial charge in [-0.3, -0.25) is 19.0 Å². The van der Waals surface area contributed by atoms with Crippen LogP contribution in [0.5, 0.6) is 0 Å². The number of phosphoric ester groups is 1. The van der Waals surface area contributed by atoms with Gasteiger partial charge in [0.1, 0.15) is 30.6 Å². The van der Waals surface area contributed by atoms with E-state index in [4.69, 9.17) is 5.11 Å². The zero-order chi connectivity index (χ0) is 17.5. The fourth-order valence-electron chi connectivity index (χ4n) is 1.43. The molecule has 0 radical (unpaired) electrons. The largest absolute Gasteiger partial charge is 0.530 e. The first-order valence-corrected chi connectivity index (χ1v) is 7.44. The molecule has 0 rings (SSSR count). The fraction of sp³-hybridized carbons (Fsp3) is 0.700. The molecule has 0 saturated heterocycles. The van der Waals surface area contributed by atoms with Crippen LogP contribution in [0.15, 0.2) is 0 Å². The Balaban J connectivity index is 5.40. The van der Waals surface area contributed by atoms with Crippen molar-refractivity contribution in [3.05, 3.63) is 0 Å². The summed E-state index contributed by atoms with van der Waals surface area (Å²) in [6.07, 6.45) is -5.77. The Morgan fingerprint density at radius 1 is 1.32 bits per heavy atom. The Bertz CT molecular complexity index is 455. The summed E-state index contributed by atoms with van der Waals surface area (Å²) in [5.41, 5.74) is 0. The topological polar surface area (TPSA) is 180 Å². The summed E-state index contributed by atoms with van der Waals surface area (Å²) < 4.78 is 20.0. The molecule has 0 aliphatic carbocycles. The van der Waals surface area contributed by atoms with Crippen LogP contribution in [0.25, 0.3) is 0 Å². The molecule has 0 aromatic heterocycles. The molecule has 0 aliphatic heterocycles. The average Bonchev–Trinajstić information content (AvgIpc) is 2.39. The number of amides is 1. The van der Waals surface area contributed by atoms with Gasteiger partial charge < -0.3 is 30.0 Å². The number of phosphoric acid groups is 1. The first-order chi connectivity index (χ1) is 10.0. The van der Waals surface area contributed by atoms with Gasteiger partial charge in [-0.1, -0.05) is 0 Å². The molecule has 1 amide bonds. The quantitative estimate of drug-likeness (QED) is 0.221. The Morgan fingerprint density at radius 2 is 1.86 bits per heavy atom. The first kappa shape index (κ1) is 20.6. The van der Waals surface area contributed by atoms with Crippen LogP contribution in [0.4, 0.5) is 0 Å². The molecule has 0 aliphatic rings. The van der Waals surface area contributed by atoms with Gasteiger partial charge in [0.05, 0.1) is 6.61 Å². The Hall–Kier alpha value is -1.36. The highest BCUT2D eigenvalue weighted by molar-refractivity contribution is 7.48. The third-order valence-corrected chi connectivity index (χ3v) is 3.28. The van der Waals surface area contributed by atoms with E-state index < -0.39 is 50.7 Å². The standard InChI is InChI=1S/C10H18NO10P/c1-5(14)11-7(3-12)10(9(17)8(16)4-13)21-22(18,19)20-6(2)15/h3,7-10,13,16-17H,4H2,1-2H3,(H,11,14)(H,18,19)/t7-,8-,9-,10-/m1/s1. The van der Waals surface area contributed by atoms with Gasteiger partial charge >= 0.3 is 13.8 Å². The number of carbonyl (C=O) groups is 3. The van der Waals surface area contributed by atoms with Gasteiger partial charge in [-0.2, -0.15) is 0 Å². The van der Waals surface area contributed by atoms with Crippen molar-refractivity contribution in [2.24, 2.45) is 0 Å². The van der Waals surface area contributed by atoms with Gasteiger partial charge in [0.25, 0.3) is 0 Å². The maximum atomic E-state index is 11.6. The third kappa shape index (κ3) is 7.07. The molecule has 0 spiro atoms. The second-order valence-electron chi connectivity index (χ2n) is 4.22. The van der Waals surface area contributed by atoms with Crippen LogP contribution in [0.3, 0.4) is 0 Å². The number of aldehydes is 1. The number of hydrogen-bond acceptors (Lipinski definition) is 9.